The third-order valence-electron chi connectivity index (χ3n) is 4.71. The van der Waals surface area contributed by atoms with E-state index >= 15 is 0 Å². The Morgan fingerprint density at radius 2 is 1.38 bits per heavy atom. The second-order valence-corrected chi connectivity index (χ2v) is 7.12. The molecule has 1 saturated carbocycles. The number of hydrogen-bond acceptors (Lipinski definition) is 2. The first-order valence-electron chi connectivity index (χ1n) is 9.02. The van der Waals surface area contributed by atoms with Crippen LogP contribution in [0.25, 0.3) is 0 Å². The molecule has 3 atom stereocenters. The highest BCUT2D eigenvalue weighted by molar-refractivity contribution is 5.30. The molecule has 0 aromatic heterocycles. The first-order chi connectivity index (χ1) is 11.6. The molecule has 1 N–H and O–H groups in total. The van der Waals surface area contributed by atoms with Gasteiger partial charge in [-0.25, -0.2) is 0 Å². The van der Waals surface area contributed by atoms with Gasteiger partial charge in [0.05, 0.1) is 6.10 Å². The molecule has 2 nitrogen and oxygen atoms in total. The van der Waals surface area contributed by atoms with Crippen molar-refractivity contribution in [1.29, 1.82) is 0 Å². The second-order valence-electron chi connectivity index (χ2n) is 7.12. The quantitative estimate of drug-likeness (QED) is 0.758. The maximum atomic E-state index is 9.71. The minimum absolute atomic E-state index is 0.0289. The van der Waals surface area contributed by atoms with Crippen molar-refractivity contribution in [2.24, 2.45) is 17.8 Å². The van der Waals surface area contributed by atoms with E-state index in [9.17, 15) is 5.11 Å². The lowest BCUT2D eigenvalue weighted by molar-refractivity contribution is 0.0266. The van der Waals surface area contributed by atoms with Gasteiger partial charge in [0.15, 0.2) is 0 Å². The zero-order valence-corrected chi connectivity index (χ0v) is 15.1. The smallest absolute Gasteiger partial charge is 0.127 e. The molecule has 2 aromatic rings. The summed E-state index contributed by atoms with van der Waals surface area (Å²) in [5.74, 6) is 3.69. The first-order valence-corrected chi connectivity index (χ1v) is 9.02. The van der Waals surface area contributed by atoms with Gasteiger partial charge in [0.1, 0.15) is 11.5 Å². The number of aliphatic hydroxyl groups is 1. The standard InChI is InChI=1S/C12H10O.C10H20O/c1-3-7-11(8-4-1)13-12-9-5-2-6-10-12;1-7(2)9-5-4-8(3)6-10(9)11/h1-10H;7-11H,4-6H2,1-3H3. The lowest BCUT2D eigenvalue weighted by Gasteiger charge is -2.33. The lowest BCUT2D eigenvalue weighted by Crippen LogP contribution is -2.31. The van der Waals surface area contributed by atoms with E-state index < -0.39 is 0 Å². The van der Waals surface area contributed by atoms with Crippen LogP contribution in [0.5, 0.6) is 11.5 Å². The van der Waals surface area contributed by atoms with Gasteiger partial charge < -0.3 is 9.84 Å². The highest BCUT2D eigenvalue weighted by Gasteiger charge is 2.28. The summed E-state index contributed by atoms with van der Waals surface area (Å²) >= 11 is 0. The molecule has 1 aliphatic rings. The van der Waals surface area contributed by atoms with Crippen LogP contribution < -0.4 is 4.74 Å². The Kier molecular flexibility index (Phi) is 7.33. The number of rotatable bonds is 3. The highest BCUT2D eigenvalue weighted by atomic mass is 16.5. The maximum Gasteiger partial charge on any atom is 0.127 e. The summed E-state index contributed by atoms with van der Waals surface area (Å²) in [6.07, 6.45) is 3.52. The topological polar surface area (TPSA) is 29.5 Å². The highest BCUT2D eigenvalue weighted by Crippen LogP contribution is 2.33. The zero-order chi connectivity index (χ0) is 17.4. The molecule has 2 heteroatoms. The molecule has 0 aliphatic heterocycles. The van der Waals surface area contributed by atoms with Crippen LogP contribution in [0.4, 0.5) is 0 Å². The molecular formula is C22H30O2. The van der Waals surface area contributed by atoms with Crippen LogP contribution in [-0.4, -0.2) is 11.2 Å². The molecular weight excluding hydrogens is 296 g/mol. The molecule has 1 aliphatic carbocycles. The predicted octanol–water partition coefficient (Wildman–Crippen LogP) is 5.92. The van der Waals surface area contributed by atoms with Gasteiger partial charge in [-0.1, -0.05) is 63.6 Å². The fraction of sp³-hybridized carbons (Fsp3) is 0.455. The Bertz CT molecular complexity index is 528. The molecule has 0 radical (unpaired) electrons. The number of hydrogen-bond donors (Lipinski definition) is 1. The summed E-state index contributed by atoms with van der Waals surface area (Å²) in [7, 11) is 0. The molecule has 1 fully saturated rings. The van der Waals surface area contributed by atoms with Gasteiger partial charge in [0.2, 0.25) is 0 Å². The predicted molar refractivity (Wildman–Crippen MR) is 100 cm³/mol. The summed E-state index contributed by atoms with van der Waals surface area (Å²) in [6.45, 7) is 6.66. The minimum Gasteiger partial charge on any atom is -0.457 e. The largest absolute Gasteiger partial charge is 0.457 e. The molecule has 2 aromatic carbocycles. The van der Waals surface area contributed by atoms with Gasteiger partial charge in [0, 0.05) is 0 Å². The molecule has 0 heterocycles. The Morgan fingerprint density at radius 1 is 0.875 bits per heavy atom. The zero-order valence-electron chi connectivity index (χ0n) is 15.1. The Labute approximate surface area is 146 Å². The SMILES string of the molecule is CC1CCC(C(C)C)C(O)C1.c1ccc(Oc2ccccc2)cc1. The van der Waals surface area contributed by atoms with Crippen molar-refractivity contribution in [2.45, 2.75) is 46.1 Å². The summed E-state index contributed by atoms with van der Waals surface area (Å²) in [4.78, 5) is 0. The van der Waals surface area contributed by atoms with Gasteiger partial charge >= 0.3 is 0 Å². The van der Waals surface area contributed by atoms with Crippen LogP contribution in [0.1, 0.15) is 40.0 Å². The van der Waals surface area contributed by atoms with Crippen molar-refractivity contribution < 1.29 is 9.84 Å². The molecule has 0 spiro atoms. The summed E-state index contributed by atoms with van der Waals surface area (Å²) in [6, 6.07) is 19.5. The van der Waals surface area contributed by atoms with Gasteiger partial charge in [0.25, 0.3) is 0 Å². The first kappa shape index (κ1) is 18.5. The minimum atomic E-state index is -0.0289. The van der Waals surface area contributed by atoms with Crippen LogP contribution in [-0.2, 0) is 0 Å². The Hall–Kier alpha value is -1.80. The fourth-order valence-electron chi connectivity index (χ4n) is 3.27. The van der Waals surface area contributed by atoms with Crippen LogP contribution in [0.3, 0.4) is 0 Å². The molecule has 0 amide bonds. The normalized spacial score (nSPS) is 23.3. The number of para-hydroxylation sites is 2. The maximum absolute atomic E-state index is 9.71. The Balaban J connectivity index is 0.000000177. The van der Waals surface area contributed by atoms with Crippen LogP contribution in [0, 0.1) is 17.8 Å². The van der Waals surface area contributed by atoms with Crippen molar-refractivity contribution in [2.75, 3.05) is 0 Å². The number of aliphatic hydroxyl groups excluding tert-OH is 1. The second kappa shape index (κ2) is 9.48. The molecule has 0 saturated heterocycles. The lowest BCUT2D eigenvalue weighted by atomic mass is 9.75. The number of benzene rings is 2. The van der Waals surface area contributed by atoms with E-state index in [1.165, 1.54) is 12.8 Å². The molecule has 130 valence electrons. The third kappa shape index (κ3) is 6.01. The fourth-order valence-corrected chi connectivity index (χ4v) is 3.27. The van der Waals surface area contributed by atoms with Crippen molar-refractivity contribution in [3.8, 4) is 11.5 Å². The van der Waals surface area contributed by atoms with E-state index in [0.717, 1.165) is 23.8 Å². The molecule has 0 bridgehead atoms. The van der Waals surface area contributed by atoms with E-state index in [-0.39, 0.29) is 6.10 Å². The average Bonchev–Trinajstić information content (AvgIpc) is 2.57. The van der Waals surface area contributed by atoms with Gasteiger partial charge in [-0.2, -0.15) is 0 Å². The summed E-state index contributed by atoms with van der Waals surface area (Å²) in [5, 5.41) is 9.71. The van der Waals surface area contributed by atoms with Gasteiger partial charge in [-0.15, -0.1) is 0 Å². The average molecular weight is 326 g/mol. The summed E-state index contributed by atoms with van der Waals surface area (Å²) in [5.41, 5.74) is 0. The number of ether oxygens (including phenoxy) is 1. The molecule has 3 unspecified atom stereocenters. The Morgan fingerprint density at radius 3 is 1.79 bits per heavy atom. The van der Waals surface area contributed by atoms with Gasteiger partial charge in [-0.05, 0) is 54.9 Å². The van der Waals surface area contributed by atoms with E-state index in [0.29, 0.717) is 11.8 Å². The van der Waals surface area contributed by atoms with Crippen molar-refractivity contribution >= 4 is 0 Å². The van der Waals surface area contributed by atoms with E-state index in [1.54, 1.807) is 0 Å². The van der Waals surface area contributed by atoms with E-state index in [4.69, 9.17) is 4.74 Å². The monoisotopic (exact) mass is 326 g/mol. The van der Waals surface area contributed by atoms with Crippen LogP contribution >= 0.6 is 0 Å². The molecule has 3 rings (SSSR count). The van der Waals surface area contributed by atoms with Crippen LogP contribution in [0.2, 0.25) is 0 Å². The van der Waals surface area contributed by atoms with E-state index in [2.05, 4.69) is 20.8 Å². The summed E-state index contributed by atoms with van der Waals surface area (Å²) < 4.78 is 5.58. The van der Waals surface area contributed by atoms with Gasteiger partial charge in [-0.3, -0.25) is 0 Å². The van der Waals surface area contributed by atoms with Crippen molar-refractivity contribution in [3.63, 3.8) is 0 Å². The van der Waals surface area contributed by atoms with Crippen molar-refractivity contribution in [3.05, 3.63) is 60.7 Å². The molecule has 24 heavy (non-hydrogen) atoms. The van der Waals surface area contributed by atoms with Crippen LogP contribution in [0.15, 0.2) is 60.7 Å². The third-order valence-corrected chi connectivity index (χ3v) is 4.71. The van der Waals surface area contributed by atoms with E-state index in [1.807, 2.05) is 60.7 Å². The van der Waals surface area contributed by atoms with Crippen molar-refractivity contribution in [1.82, 2.24) is 0 Å².